The summed E-state index contributed by atoms with van der Waals surface area (Å²) in [7, 11) is -3.74. The van der Waals surface area contributed by atoms with E-state index in [0.717, 1.165) is 47.0 Å². The zero-order valence-electron chi connectivity index (χ0n) is 14.8. The van der Waals surface area contributed by atoms with Crippen LogP contribution in [0.1, 0.15) is 17.3 Å². The Kier molecular flexibility index (Phi) is 6.40. The predicted molar refractivity (Wildman–Crippen MR) is 112 cm³/mol. The van der Waals surface area contributed by atoms with Gasteiger partial charge in [0.25, 0.3) is 15.9 Å². The van der Waals surface area contributed by atoms with Gasteiger partial charge in [0.2, 0.25) is 0 Å². The normalized spacial score (nSPS) is 14.8. The highest BCUT2D eigenvalue weighted by Crippen LogP contribution is 2.32. The third-order valence-electron chi connectivity index (χ3n) is 4.11. The van der Waals surface area contributed by atoms with Gasteiger partial charge in [-0.1, -0.05) is 0 Å². The van der Waals surface area contributed by atoms with Crippen molar-refractivity contribution in [3.63, 3.8) is 0 Å². The van der Waals surface area contributed by atoms with Crippen LogP contribution in [0.4, 0.5) is 11.4 Å². The summed E-state index contributed by atoms with van der Waals surface area (Å²) in [5, 5.41) is 6.02. The number of amides is 1. The van der Waals surface area contributed by atoms with E-state index in [1.54, 1.807) is 30.3 Å². The largest absolute Gasteiger partial charge is 0.367 e. The summed E-state index contributed by atoms with van der Waals surface area (Å²) >= 11 is 4.43. The average molecular weight is 473 g/mol. The molecule has 27 heavy (non-hydrogen) atoms. The van der Waals surface area contributed by atoms with Gasteiger partial charge in [-0.05, 0) is 53.2 Å². The van der Waals surface area contributed by atoms with E-state index < -0.39 is 10.0 Å². The van der Waals surface area contributed by atoms with Gasteiger partial charge in [0.1, 0.15) is 4.21 Å². The summed E-state index contributed by atoms with van der Waals surface area (Å²) in [6.45, 7) is 5.51. The first-order valence-electron chi connectivity index (χ1n) is 8.57. The smallest absolute Gasteiger partial charge is 0.271 e. The fraction of sp³-hybridized carbons (Fsp3) is 0.353. The van der Waals surface area contributed by atoms with Gasteiger partial charge in [-0.3, -0.25) is 9.52 Å². The van der Waals surface area contributed by atoms with E-state index in [1.807, 2.05) is 6.92 Å². The molecule has 0 spiro atoms. The molecule has 3 N–H and O–H groups in total. The third kappa shape index (κ3) is 4.81. The molecule has 1 fully saturated rings. The monoisotopic (exact) mass is 472 g/mol. The number of hydrogen-bond acceptors (Lipinski definition) is 6. The molecule has 1 saturated heterocycles. The molecule has 10 heteroatoms. The lowest BCUT2D eigenvalue weighted by atomic mass is 10.1. The second-order valence-electron chi connectivity index (χ2n) is 5.99. The van der Waals surface area contributed by atoms with Gasteiger partial charge < -0.3 is 15.5 Å². The standard InChI is InChI=1S/C17H21BrN4O3S2/c1-2-20-17(23)12-3-4-14(22-9-7-19-8-10-22)13(11-12)21-27(24,25)16-6-5-15(18)26-16/h3-6,11,19,21H,2,7-10H2,1H3,(H,20,23). The van der Waals surface area contributed by atoms with Crippen molar-refractivity contribution in [2.24, 2.45) is 0 Å². The number of piperazine rings is 1. The van der Waals surface area contributed by atoms with Gasteiger partial charge in [-0.25, -0.2) is 8.42 Å². The highest BCUT2D eigenvalue weighted by atomic mass is 79.9. The second kappa shape index (κ2) is 8.59. The number of halogens is 1. The van der Waals surface area contributed by atoms with E-state index in [4.69, 9.17) is 0 Å². The molecule has 1 amide bonds. The predicted octanol–water partition coefficient (Wildman–Crippen LogP) is 2.47. The number of rotatable bonds is 6. The van der Waals surface area contributed by atoms with Crippen molar-refractivity contribution in [2.45, 2.75) is 11.1 Å². The molecule has 2 aromatic rings. The minimum atomic E-state index is -3.74. The molecule has 7 nitrogen and oxygen atoms in total. The Bertz CT molecular complexity index is 924. The van der Waals surface area contributed by atoms with Crippen LogP contribution in [0.25, 0.3) is 0 Å². The number of carbonyl (C=O) groups excluding carboxylic acids is 1. The molecule has 146 valence electrons. The van der Waals surface area contributed by atoms with Gasteiger partial charge in [-0.15, -0.1) is 11.3 Å². The Balaban J connectivity index is 1.98. The van der Waals surface area contributed by atoms with E-state index in [1.165, 1.54) is 0 Å². The van der Waals surface area contributed by atoms with Crippen molar-refractivity contribution in [2.75, 3.05) is 42.3 Å². The van der Waals surface area contributed by atoms with Crippen LogP contribution in [0.15, 0.2) is 38.3 Å². The molecular formula is C17H21BrN4O3S2. The molecule has 0 aliphatic carbocycles. The van der Waals surface area contributed by atoms with Crippen LogP contribution in [0.2, 0.25) is 0 Å². The topological polar surface area (TPSA) is 90.5 Å². The summed E-state index contributed by atoms with van der Waals surface area (Å²) in [4.78, 5) is 14.3. The molecule has 0 bridgehead atoms. The fourth-order valence-electron chi connectivity index (χ4n) is 2.84. The molecule has 0 radical (unpaired) electrons. The van der Waals surface area contributed by atoms with Gasteiger partial charge in [0, 0.05) is 38.3 Å². The van der Waals surface area contributed by atoms with E-state index in [2.05, 4.69) is 36.2 Å². The van der Waals surface area contributed by atoms with E-state index in [-0.39, 0.29) is 10.1 Å². The number of thiophene rings is 1. The molecule has 0 unspecified atom stereocenters. The molecule has 3 rings (SSSR count). The summed E-state index contributed by atoms with van der Waals surface area (Å²) in [5.41, 5.74) is 1.59. The maximum atomic E-state index is 12.8. The van der Waals surface area contributed by atoms with Crippen molar-refractivity contribution >= 4 is 54.6 Å². The Morgan fingerprint density at radius 1 is 1.26 bits per heavy atom. The van der Waals surface area contributed by atoms with Crippen molar-refractivity contribution in [3.8, 4) is 0 Å². The third-order valence-corrected chi connectivity index (χ3v) is 7.59. The Hall–Kier alpha value is -1.62. The van der Waals surface area contributed by atoms with Crippen molar-refractivity contribution < 1.29 is 13.2 Å². The van der Waals surface area contributed by atoms with Crippen LogP contribution in [0.3, 0.4) is 0 Å². The number of sulfonamides is 1. The van der Waals surface area contributed by atoms with Crippen LogP contribution < -0.4 is 20.3 Å². The lowest BCUT2D eigenvalue weighted by Gasteiger charge is -2.31. The SMILES string of the molecule is CCNC(=O)c1ccc(N2CCNCC2)c(NS(=O)(=O)c2ccc(Br)s2)c1. The van der Waals surface area contributed by atoms with E-state index in [0.29, 0.717) is 17.8 Å². The molecule has 0 saturated carbocycles. The van der Waals surface area contributed by atoms with Crippen molar-refractivity contribution in [1.82, 2.24) is 10.6 Å². The van der Waals surface area contributed by atoms with Crippen LogP contribution in [0.5, 0.6) is 0 Å². The first-order valence-corrected chi connectivity index (χ1v) is 11.7. The number of hydrogen-bond donors (Lipinski definition) is 3. The van der Waals surface area contributed by atoms with Crippen LogP contribution in [-0.2, 0) is 10.0 Å². The highest BCUT2D eigenvalue weighted by Gasteiger charge is 2.22. The Morgan fingerprint density at radius 2 is 2.00 bits per heavy atom. The first kappa shape index (κ1) is 20.1. The number of benzene rings is 1. The van der Waals surface area contributed by atoms with E-state index >= 15 is 0 Å². The maximum absolute atomic E-state index is 12.8. The minimum absolute atomic E-state index is 0.212. The molecule has 1 aromatic heterocycles. The lowest BCUT2D eigenvalue weighted by molar-refractivity contribution is 0.0956. The van der Waals surface area contributed by atoms with Crippen molar-refractivity contribution in [3.05, 3.63) is 39.7 Å². The number of anilines is 2. The Morgan fingerprint density at radius 3 is 2.63 bits per heavy atom. The summed E-state index contributed by atoms with van der Waals surface area (Å²) < 4.78 is 29.2. The molecule has 1 aliphatic heterocycles. The van der Waals surface area contributed by atoms with Gasteiger partial charge >= 0.3 is 0 Å². The maximum Gasteiger partial charge on any atom is 0.271 e. The summed E-state index contributed by atoms with van der Waals surface area (Å²) in [5.74, 6) is -0.233. The molecule has 0 atom stereocenters. The van der Waals surface area contributed by atoms with Crippen LogP contribution >= 0.6 is 27.3 Å². The van der Waals surface area contributed by atoms with E-state index in [9.17, 15) is 13.2 Å². The van der Waals surface area contributed by atoms with Crippen molar-refractivity contribution in [1.29, 1.82) is 0 Å². The van der Waals surface area contributed by atoms with Gasteiger partial charge in [-0.2, -0.15) is 0 Å². The molecular weight excluding hydrogens is 452 g/mol. The number of nitrogens with zero attached hydrogens (tertiary/aromatic N) is 1. The molecule has 2 heterocycles. The van der Waals surface area contributed by atoms with Gasteiger partial charge in [0.15, 0.2) is 0 Å². The van der Waals surface area contributed by atoms with Crippen LogP contribution in [-0.4, -0.2) is 47.0 Å². The summed E-state index contributed by atoms with van der Waals surface area (Å²) in [6, 6.07) is 8.37. The second-order valence-corrected chi connectivity index (χ2v) is 10.4. The number of carbonyl (C=O) groups is 1. The Labute approximate surface area is 171 Å². The lowest BCUT2D eigenvalue weighted by Crippen LogP contribution is -2.43. The zero-order chi connectivity index (χ0) is 19.4. The first-order chi connectivity index (χ1) is 12.9. The van der Waals surface area contributed by atoms with Crippen LogP contribution in [0, 0.1) is 0 Å². The summed E-state index contributed by atoms with van der Waals surface area (Å²) in [6.07, 6.45) is 0. The highest BCUT2D eigenvalue weighted by molar-refractivity contribution is 9.11. The fourth-order valence-corrected chi connectivity index (χ4v) is 5.92. The molecule has 1 aromatic carbocycles. The minimum Gasteiger partial charge on any atom is -0.367 e. The average Bonchev–Trinajstić information content (AvgIpc) is 3.10. The number of nitrogens with one attached hydrogen (secondary N) is 3. The molecule has 1 aliphatic rings. The zero-order valence-corrected chi connectivity index (χ0v) is 18.0. The quantitative estimate of drug-likeness (QED) is 0.600. The van der Waals surface area contributed by atoms with Gasteiger partial charge in [0.05, 0.1) is 15.2 Å².